The van der Waals surface area contributed by atoms with Crippen LogP contribution in [0.15, 0.2) is 24.8 Å². The van der Waals surface area contributed by atoms with Gasteiger partial charge in [-0.15, -0.1) is 0 Å². The van der Waals surface area contributed by atoms with Gasteiger partial charge >= 0.3 is 5.97 Å². The number of halogens is 1. The maximum atomic E-state index is 13.1. The molecule has 0 aliphatic carbocycles. The molecule has 1 aromatic carbocycles. The Bertz CT molecular complexity index is 413. The van der Waals surface area contributed by atoms with E-state index in [1.54, 1.807) is 6.92 Å². The van der Waals surface area contributed by atoms with Gasteiger partial charge in [0, 0.05) is 5.56 Å². The third-order valence-electron chi connectivity index (χ3n) is 2.01. The molecule has 0 aliphatic rings. The molecule has 0 saturated heterocycles. The standard InChI is InChI=1S/C12H13FO3/c1-4-16-8(2)11-7-9(13)5-6-10(11)12(14)15-3/h5-7H,2,4H2,1,3H3. The Morgan fingerprint density at radius 2 is 2.12 bits per heavy atom. The molecule has 0 aromatic heterocycles. The van der Waals surface area contributed by atoms with Crippen LogP contribution in [0.1, 0.15) is 22.8 Å². The first-order valence-corrected chi connectivity index (χ1v) is 4.80. The number of methoxy groups -OCH3 is 1. The second kappa shape index (κ2) is 5.30. The summed E-state index contributed by atoms with van der Waals surface area (Å²) in [5, 5.41) is 0. The van der Waals surface area contributed by atoms with Crippen LogP contribution in [-0.4, -0.2) is 19.7 Å². The largest absolute Gasteiger partial charge is 0.494 e. The van der Waals surface area contributed by atoms with Crippen LogP contribution >= 0.6 is 0 Å². The van der Waals surface area contributed by atoms with Gasteiger partial charge in [0.15, 0.2) is 0 Å². The van der Waals surface area contributed by atoms with Crippen molar-refractivity contribution >= 4 is 11.7 Å². The Morgan fingerprint density at radius 3 is 2.69 bits per heavy atom. The molecule has 0 heterocycles. The Hall–Kier alpha value is -1.84. The van der Waals surface area contributed by atoms with Crippen LogP contribution in [0.25, 0.3) is 5.76 Å². The first-order valence-electron chi connectivity index (χ1n) is 4.80. The summed E-state index contributed by atoms with van der Waals surface area (Å²) in [6, 6.07) is 3.74. The first kappa shape index (κ1) is 12.2. The van der Waals surface area contributed by atoms with Gasteiger partial charge in [0.05, 0.1) is 19.3 Å². The van der Waals surface area contributed by atoms with E-state index in [0.29, 0.717) is 12.2 Å². The first-order chi connectivity index (χ1) is 7.60. The van der Waals surface area contributed by atoms with Crippen molar-refractivity contribution in [1.82, 2.24) is 0 Å². The van der Waals surface area contributed by atoms with Gasteiger partial charge in [0.1, 0.15) is 11.6 Å². The summed E-state index contributed by atoms with van der Waals surface area (Å²) in [6.07, 6.45) is 0. The molecule has 0 amide bonds. The number of hydrogen-bond acceptors (Lipinski definition) is 3. The van der Waals surface area contributed by atoms with Gasteiger partial charge in [-0.3, -0.25) is 0 Å². The molecule has 0 bridgehead atoms. The van der Waals surface area contributed by atoms with E-state index in [1.165, 1.54) is 25.3 Å². The van der Waals surface area contributed by atoms with E-state index in [4.69, 9.17) is 4.74 Å². The van der Waals surface area contributed by atoms with Crippen LogP contribution in [0.3, 0.4) is 0 Å². The molecule has 0 atom stereocenters. The summed E-state index contributed by atoms with van der Waals surface area (Å²) in [6.45, 7) is 5.82. The van der Waals surface area contributed by atoms with E-state index in [-0.39, 0.29) is 11.3 Å². The number of hydrogen-bond donors (Lipinski definition) is 0. The fourth-order valence-corrected chi connectivity index (χ4v) is 1.29. The smallest absolute Gasteiger partial charge is 0.338 e. The van der Waals surface area contributed by atoms with E-state index >= 15 is 0 Å². The Morgan fingerprint density at radius 1 is 1.44 bits per heavy atom. The topological polar surface area (TPSA) is 35.5 Å². The van der Waals surface area contributed by atoms with E-state index < -0.39 is 11.8 Å². The van der Waals surface area contributed by atoms with Gasteiger partial charge in [-0.25, -0.2) is 9.18 Å². The number of ether oxygens (including phenoxy) is 2. The molecule has 1 aromatic rings. The number of carbonyl (C=O) groups is 1. The molecule has 0 aliphatic heterocycles. The molecule has 0 radical (unpaired) electrons. The fourth-order valence-electron chi connectivity index (χ4n) is 1.29. The molecule has 86 valence electrons. The lowest BCUT2D eigenvalue weighted by Crippen LogP contribution is -2.06. The average Bonchev–Trinajstić information content (AvgIpc) is 2.28. The normalized spacial score (nSPS) is 9.69. The predicted octanol–water partition coefficient (Wildman–Crippen LogP) is 2.62. The number of carbonyl (C=O) groups excluding carboxylic acids is 1. The van der Waals surface area contributed by atoms with Crippen molar-refractivity contribution in [3.05, 3.63) is 41.7 Å². The highest BCUT2D eigenvalue weighted by molar-refractivity contribution is 5.94. The molecule has 0 unspecified atom stereocenters. The third-order valence-corrected chi connectivity index (χ3v) is 2.01. The summed E-state index contributed by atoms with van der Waals surface area (Å²) < 4.78 is 22.8. The van der Waals surface area contributed by atoms with Gasteiger partial charge in [-0.05, 0) is 25.1 Å². The molecule has 4 heteroatoms. The van der Waals surface area contributed by atoms with Crippen molar-refractivity contribution in [2.75, 3.05) is 13.7 Å². The molecule has 16 heavy (non-hydrogen) atoms. The summed E-state index contributed by atoms with van der Waals surface area (Å²) in [4.78, 5) is 11.4. The second-order valence-corrected chi connectivity index (χ2v) is 3.04. The minimum absolute atomic E-state index is 0.238. The van der Waals surface area contributed by atoms with Crippen LogP contribution in [0.2, 0.25) is 0 Å². The van der Waals surface area contributed by atoms with Crippen molar-refractivity contribution in [1.29, 1.82) is 0 Å². The van der Waals surface area contributed by atoms with Gasteiger partial charge in [-0.2, -0.15) is 0 Å². The SMILES string of the molecule is C=C(OCC)c1cc(F)ccc1C(=O)OC. The predicted molar refractivity (Wildman–Crippen MR) is 58.4 cm³/mol. The zero-order valence-corrected chi connectivity index (χ0v) is 9.25. The minimum atomic E-state index is -0.546. The number of rotatable bonds is 4. The Balaban J connectivity index is 3.17. The van der Waals surface area contributed by atoms with E-state index in [2.05, 4.69) is 11.3 Å². The van der Waals surface area contributed by atoms with Crippen LogP contribution in [0.5, 0.6) is 0 Å². The summed E-state index contributed by atoms with van der Waals surface area (Å²) in [7, 11) is 1.26. The third kappa shape index (κ3) is 2.59. The van der Waals surface area contributed by atoms with Crippen molar-refractivity contribution in [3.63, 3.8) is 0 Å². The van der Waals surface area contributed by atoms with Gasteiger partial charge in [0.25, 0.3) is 0 Å². The molecule has 1 rings (SSSR count). The lowest BCUT2D eigenvalue weighted by molar-refractivity contribution is 0.0599. The maximum Gasteiger partial charge on any atom is 0.338 e. The molecule has 3 nitrogen and oxygen atoms in total. The molecular formula is C12H13FO3. The highest BCUT2D eigenvalue weighted by Gasteiger charge is 2.15. The zero-order valence-electron chi connectivity index (χ0n) is 9.25. The van der Waals surface area contributed by atoms with Crippen molar-refractivity contribution in [2.24, 2.45) is 0 Å². The van der Waals surface area contributed by atoms with Gasteiger partial charge in [-0.1, -0.05) is 6.58 Å². The fraction of sp³-hybridized carbons (Fsp3) is 0.250. The lowest BCUT2D eigenvalue weighted by atomic mass is 10.1. The summed E-state index contributed by atoms with van der Waals surface area (Å²) >= 11 is 0. The van der Waals surface area contributed by atoms with Crippen LogP contribution in [0, 0.1) is 5.82 Å². The molecule has 0 N–H and O–H groups in total. The van der Waals surface area contributed by atoms with Gasteiger partial charge < -0.3 is 9.47 Å². The minimum Gasteiger partial charge on any atom is -0.494 e. The highest BCUT2D eigenvalue weighted by atomic mass is 19.1. The van der Waals surface area contributed by atoms with Gasteiger partial charge in [0.2, 0.25) is 0 Å². The quantitative estimate of drug-likeness (QED) is 0.582. The summed E-state index contributed by atoms with van der Waals surface area (Å²) in [5.74, 6) is -0.748. The maximum absolute atomic E-state index is 13.1. The second-order valence-electron chi connectivity index (χ2n) is 3.04. The van der Waals surface area contributed by atoms with E-state index in [1.807, 2.05) is 0 Å². The van der Waals surface area contributed by atoms with Crippen molar-refractivity contribution in [2.45, 2.75) is 6.92 Å². The lowest BCUT2D eigenvalue weighted by Gasteiger charge is -2.11. The van der Waals surface area contributed by atoms with E-state index in [0.717, 1.165) is 0 Å². The van der Waals surface area contributed by atoms with E-state index in [9.17, 15) is 9.18 Å². The Kier molecular flexibility index (Phi) is 4.05. The zero-order chi connectivity index (χ0) is 12.1. The summed E-state index contributed by atoms with van der Waals surface area (Å²) in [5.41, 5.74) is 0.552. The highest BCUT2D eigenvalue weighted by Crippen LogP contribution is 2.21. The monoisotopic (exact) mass is 224 g/mol. The molecule has 0 fully saturated rings. The molecule has 0 spiro atoms. The van der Waals surface area contributed by atoms with Crippen molar-refractivity contribution in [3.8, 4) is 0 Å². The van der Waals surface area contributed by atoms with Crippen molar-refractivity contribution < 1.29 is 18.7 Å². The average molecular weight is 224 g/mol. The van der Waals surface area contributed by atoms with Crippen LogP contribution < -0.4 is 0 Å². The van der Waals surface area contributed by atoms with Crippen LogP contribution in [0.4, 0.5) is 4.39 Å². The number of benzene rings is 1. The number of esters is 1. The Labute approximate surface area is 93.5 Å². The van der Waals surface area contributed by atoms with Crippen LogP contribution in [-0.2, 0) is 9.47 Å². The molecular weight excluding hydrogens is 211 g/mol. The molecule has 0 saturated carbocycles.